The van der Waals surface area contributed by atoms with Crippen LogP contribution < -0.4 is 65.9 Å². The van der Waals surface area contributed by atoms with E-state index in [9.17, 15) is 82.1 Å². The number of aromatic nitrogens is 2. The third kappa shape index (κ3) is 36.4. The van der Waals surface area contributed by atoms with E-state index in [0.29, 0.717) is 49.0 Å². The molecule has 0 fully saturated rings. The smallest absolute Gasteiger partial charge is 0.322 e. The zero-order valence-electron chi connectivity index (χ0n) is 66.1. The molecule has 0 aliphatic carbocycles. The van der Waals surface area contributed by atoms with E-state index < -0.39 is 217 Å². The SMILES string of the molecule is CC[C@@H](CCCCN)C(=O)N[C@@H](Cc1ccccc1)C(=O)C[C@@H](Cc1ccccc1)C(=O)N[C@@H](Cc1cnc[nH]1)C(=O)C[C@@H](CCCN=C(N)N)C(=O)N[C@H](C(=O)C[C@@H](CS)C(=O)N[C@@H](CCCCN)C(=O)C[C@@H](CS)C(=O)N[C@H](C(=O)CCC(=O)N[C@@H](CC(N)=O)C(=O)C[C@@H](Cc1ccccc1)C(=O)NCC(=O)O)C(C)O)C(C)O. The molecular formula is C81H117N15O18S2. The Labute approximate surface area is 686 Å². The number of aliphatic hydroxyl groups is 2. The Morgan fingerprint density at radius 1 is 0.457 bits per heavy atom. The van der Waals surface area contributed by atoms with E-state index in [2.05, 4.69) is 77.4 Å². The van der Waals surface area contributed by atoms with Gasteiger partial charge >= 0.3 is 5.97 Å². The number of hydrogen-bond donors (Lipinski definition) is 18. The lowest BCUT2D eigenvalue weighted by Crippen LogP contribution is -2.52. The molecule has 4 aromatic rings. The van der Waals surface area contributed by atoms with Crippen LogP contribution in [0.2, 0.25) is 0 Å². The van der Waals surface area contributed by atoms with E-state index in [1.165, 1.54) is 26.4 Å². The van der Waals surface area contributed by atoms with E-state index >= 15 is 0 Å². The van der Waals surface area contributed by atoms with Crippen molar-refractivity contribution in [1.29, 1.82) is 0 Å². The summed E-state index contributed by atoms with van der Waals surface area (Å²) >= 11 is 8.68. The second-order valence-electron chi connectivity index (χ2n) is 29.2. The maximum absolute atomic E-state index is 15.0. The van der Waals surface area contributed by atoms with Gasteiger partial charge in [0, 0.05) is 105 Å². The van der Waals surface area contributed by atoms with Gasteiger partial charge in [-0.05, 0) is 114 Å². The molecule has 21 N–H and O–H groups in total. The van der Waals surface area contributed by atoms with Crippen LogP contribution in [0.3, 0.4) is 0 Å². The number of nitrogens with zero attached hydrogens (tertiary/aromatic N) is 2. The van der Waals surface area contributed by atoms with Gasteiger partial charge in [0.25, 0.3) is 0 Å². The predicted octanol–water partition coefficient (Wildman–Crippen LogP) is 0.851. The van der Waals surface area contributed by atoms with E-state index in [0.717, 1.165) is 12.0 Å². The summed E-state index contributed by atoms with van der Waals surface area (Å²) in [6.07, 6.45) is -1.97. The molecule has 0 bridgehead atoms. The molecule has 0 spiro atoms. The Balaban J connectivity index is 1.52. The number of carboxylic acids is 1. The molecule has 1 heterocycles. The van der Waals surface area contributed by atoms with Crippen molar-refractivity contribution in [3.05, 3.63) is 126 Å². The number of carbonyl (C=O) groups is 15. The van der Waals surface area contributed by atoms with Gasteiger partial charge in [-0.3, -0.25) is 76.9 Å². The minimum Gasteiger partial charge on any atom is -0.480 e. The average Bonchev–Trinajstić information content (AvgIpc) is 0.971. The van der Waals surface area contributed by atoms with Crippen LogP contribution in [0.4, 0.5) is 0 Å². The number of H-pyrrole nitrogens is 1. The van der Waals surface area contributed by atoms with Gasteiger partial charge in [-0.25, -0.2) is 4.98 Å². The van der Waals surface area contributed by atoms with Crippen molar-refractivity contribution < 1.29 is 87.2 Å². The van der Waals surface area contributed by atoms with E-state index in [-0.39, 0.29) is 94.2 Å². The number of unbranched alkanes of at least 4 members (excludes halogenated alkanes) is 2. The number of aliphatic imine (C=N–C) groups is 1. The van der Waals surface area contributed by atoms with Crippen LogP contribution in [0.15, 0.2) is 109 Å². The molecule has 0 aliphatic heterocycles. The first-order chi connectivity index (χ1) is 55.3. The number of amides is 8. The van der Waals surface area contributed by atoms with Crippen molar-refractivity contribution in [2.45, 2.75) is 204 Å². The molecule has 1 aromatic heterocycles. The first kappa shape index (κ1) is 98.3. The number of guanidine groups is 1. The van der Waals surface area contributed by atoms with Crippen LogP contribution in [-0.2, 0) is 97.6 Å². The Morgan fingerprint density at radius 3 is 1.36 bits per heavy atom. The molecule has 636 valence electrons. The van der Waals surface area contributed by atoms with Gasteiger partial charge in [-0.2, -0.15) is 25.3 Å². The minimum absolute atomic E-state index is 0.00404. The average molecular weight is 1650 g/mol. The van der Waals surface area contributed by atoms with Gasteiger partial charge in [-0.15, -0.1) is 0 Å². The quantitative estimate of drug-likeness (QED) is 0.0126. The van der Waals surface area contributed by atoms with Crippen molar-refractivity contribution in [3.8, 4) is 0 Å². The molecule has 0 saturated heterocycles. The van der Waals surface area contributed by atoms with Crippen molar-refractivity contribution in [2.75, 3.05) is 37.7 Å². The van der Waals surface area contributed by atoms with Gasteiger partial charge in [0.1, 0.15) is 18.6 Å². The van der Waals surface area contributed by atoms with Crippen LogP contribution >= 0.6 is 25.3 Å². The number of aliphatic carboxylic acids is 1. The van der Waals surface area contributed by atoms with Gasteiger partial charge < -0.3 is 86.2 Å². The molecule has 116 heavy (non-hydrogen) atoms. The summed E-state index contributed by atoms with van der Waals surface area (Å²) in [5, 5.41) is 49.3. The number of Topliss-reactive ketones (excluding diaryl/α,β-unsaturated/α-hetero) is 6. The summed E-state index contributed by atoms with van der Waals surface area (Å²) in [6, 6.07) is 17.8. The molecule has 33 nitrogen and oxygen atoms in total. The lowest BCUT2D eigenvalue weighted by atomic mass is 9.88. The van der Waals surface area contributed by atoms with Crippen molar-refractivity contribution >= 4 is 119 Å². The third-order valence-corrected chi connectivity index (χ3v) is 20.7. The molecule has 14 atom stereocenters. The number of imidazole rings is 1. The number of rotatable bonds is 60. The van der Waals surface area contributed by atoms with Crippen LogP contribution in [-0.4, -0.2) is 205 Å². The fourth-order valence-electron chi connectivity index (χ4n) is 13.2. The van der Waals surface area contributed by atoms with Crippen LogP contribution in [0.1, 0.15) is 152 Å². The fraction of sp³-hybridized carbons (Fsp3) is 0.543. The molecule has 8 amide bonds. The molecule has 2 unspecified atom stereocenters. The molecule has 35 heteroatoms. The third-order valence-electron chi connectivity index (χ3n) is 19.8. The van der Waals surface area contributed by atoms with Crippen molar-refractivity contribution in [2.24, 2.45) is 69.2 Å². The number of aromatic amines is 1. The van der Waals surface area contributed by atoms with Crippen LogP contribution in [0, 0.1) is 35.5 Å². The molecular weight excluding hydrogens is 1540 g/mol. The van der Waals surface area contributed by atoms with Crippen molar-refractivity contribution in [3.63, 3.8) is 0 Å². The zero-order valence-corrected chi connectivity index (χ0v) is 67.9. The second kappa shape index (κ2) is 53.2. The van der Waals surface area contributed by atoms with Gasteiger partial charge in [0.05, 0.1) is 61.0 Å². The number of ketones is 6. The standard InChI is InChI=1S/C81H117N15O18S2/c1-4-53(25-14-16-30-82)76(110)93-61(35-52-23-12-7-13-24-52)67(102)38-56(34-51-21-10-6-11-22-51)78(112)94-62(41-59-43-87-47-90-59)66(101)36-54(26-18-32-88-81(85)86)77(111)96-74(49(3)98)69(104)40-58(46-116)79(113)92-60(27-15-17-31-83)65(100)39-57(45-115)80(114)95-73(48(2)97)64(99)28-29-71(106)91-63(42-70(84)105)68(103)37-55(75(109)89-44-72(107)108)33-50-19-8-5-9-20-50/h5-13,19-24,43,47-49,53-58,60-63,73-74,97-98,115-116H,4,14-18,25-42,44-46,82-83H2,1-3H3,(H2,84,105)(H,87,90)(H,89,109)(H,91,106)(H,92,113)(H,93,110)(H,94,112)(H,95,114)(H,96,111)(H,107,108)(H4,85,86,88)/t48?,49?,53-,54+,55+,56+,57-,58-,60-,61-,62-,63-,73-,74-/m0/s1. The Bertz CT molecular complexity index is 3880. The summed E-state index contributed by atoms with van der Waals surface area (Å²) in [7, 11) is 0. The lowest BCUT2D eigenvalue weighted by molar-refractivity contribution is -0.139. The van der Waals surface area contributed by atoms with Crippen molar-refractivity contribution in [1.82, 2.24) is 47.2 Å². The number of thiol groups is 2. The normalized spacial score (nSPS) is 14.8. The maximum Gasteiger partial charge on any atom is 0.322 e. The number of benzene rings is 3. The number of hydrogen-bond acceptors (Lipinski definition) is 23. The molecule has 4 rings (SSSR count). The highest BCUT2D eigenvalue weighted by Gasteiger charge is 2.39. The number of nitrogens with one attached hydrogen (secondary N) is 8. The summed E-state index contributed by atoms with van der Waals surface area (Å²) in [5.74, 6) is -19.5. The van der Waals surface area contributed by atoms with Gasteiger partial charge in [0.2, 0.25) is 47.3 Å². The molecule has 0 saturated carbocycles. The molecule has 0 aliphatic rings. The van der Waals surface area contributed by atoms with E-state index in [4.69, 9.17) is 33.8 Å². The number of primary amides is 1. The van der Waals surface area contributed by atoms with Crippen LogP contribution in [0.25, 0.3) is 0 Å². The van der Waals surface area contributed by atoms with Gasteiger partial charge in [-0.1, -0.05) is 104 Å². The summed E-state index contributed by atoms with van der Waals surface area (Å²) in [6.45, 7) is 4.18. The highest BCUT2D eigenvalue weighted by molar-refractivity contribution is 7.80. The summed E-state index contributed by atoms with van der Waals surface area (Å²) in [5.41, 5.74) is 30.7. The topological polar surface area (TPSA) is 572 Å². The van der Waals surface area contributed by atoms with Gasteiger partial charge in [0.15, 0.2) is 40.7 Å². The molecule has 3 aromatic carbocycles. The number of carbonyl (C=O) groups excluding carboxylic acids is 14. The first-order valence-electron chi connectivity index (χ1n) is 39.2. The fourth-order valence-corrected chi connectivity index (χ4v) is 13.7. The summed E-state index contributed by atoms with van der Waals surface area (Å²) < 4.78 is 0. The Kier molecular flexibility index (Phi) is 45.1. The monoisotopic (exact) mass is 1650 g/mol. The Morgan fingerprint density at radius 2 is 0.879 bits per heavy atom. The summed E-state index contributed by atoms with van der Waals surface area (Å²) in [4.78, 5) is 219. The maximum atomic E-state index is 15.0. The highest BCUT2D eigenvalue weighted by atomic mass is 32.1. The number of carboxylic acid groups (broad SMARTS) is 1. The minimum atomic E-state index is -1.71. The first-order valence-corrected chi connectivity index (χ1v) is 40.5. The highest BCUT2D eigenvalue weighted by Crippen LogP contribution is 2.24. The Hall–Kier alpha value is -10.1. The number of nitrogens with two attached hydrogens (primary N) is 5. The lowest BCUT2D eigenvalue weighted by Gasteiger charge is -2.27. The van der Waals surface area contributed by atoms with E-state index in [1.54, 1.807) is 60.7 Å². The van der Waals surface area contributed by atoms with E-state index in [1.807, 2.05) is 37.3 Å². The predicted molar refractivity (Wildman–Crippen MR) is 439 cm³/mol. The van der Waals surface area contributed by atoms with Crippen LogP contribution in [0.5, 0.6) is 0 Å². The largest absolute Gasteiger partial charge is 0.480 e. The zero-order chi connectivity index (χ0) is 85.8. The number of aliphatic hydroxyl groups excluding tert-OH is 2. The molecule has 0 radical (unpaired) electrons. The second-order valence-corrected chi connectivity index (χ2v) is 29.9.